The summed E-state index contributed by atoms with van der Waals surface area (Å²) in [5, 5.41) is 3.96. The molecule has 2 fully saturated rings. The van der Waals surface area contributed by atoms with Crippen molar-refractivity contribution >= 4 is 0 Å². The molecule has 2 heteroatoms. The highest BCUT2D eigenvalue weighted by Crippen LogP contribution is 2.28. The summed E-state index contributed by atoms with van der Waals surface area (Å²) in [5.41, 5.74) is 0. The van der Waals surface area contributed by atoms with Crippen LogP contribution in [0.1, 0.15) is 59.3 Å². The summed E-state index contributed by atoms with van der Waals surface area (Å²) < 4.78 is 0. The van der Waals surface area contributed by atoms with Crippen LogP contribution in [0.3, 0.4) is 0 Å². The van der Waals surface area contributed by atoms with Crippen LogP contribution in [-0.2, 0) is 0 Å². The van der Waals surface area contributed by atoms with Crippen LogP contribution >= 0.6 is 0 Å². The second-order valence-corrected chi connectivity index (χ2v) is 6.96. The lowest BCUT2D eigenvalue weighted by Gasteiger charge is -2.42. The minimum Gasteiger partial charge on any atom is -0.311 e. The maximum Gasteiger partial charge on any atom is 0.0122 e. The lowest BCUT2D eigenvalue weighted by Crippen LogP contribution is -2.54. The molecule has 0 amide bonds. The Morgan fingerprint density at radius 3 is 2.44 bits per heavy atom. The fourth-order valence-electron chi connectivity index (χ4n) is 3.88. The molecule has 0 aromatic heterocycles. The summed E-state index contributed by atoms with van der Waals surface area (Å²) in [6, 6.07) is 2.18. The molecule has 4 atom stereocenters. The second-order valence-electron chi connectivity index (χ2n) is 6.96. The molecule has 1 heterocycles. The third-order valence-electron chi connectivity index (χ3n) is 5.44. The van der Waals surface area contributed by atoms with Gasteiger partial charge >= 0.3 is 0 Å². The summed E-state index contributed by atoms with van der Waals surface area (Å²) in [7, 11) is 2.27. The quantitative estimate of drug-likeness (QED) is 0.829. The molecule has 1 aliphatic heterocycles. The van der Waals surface area contributed by atoms with E-state index in [2.05, 4.69) is 38.0 Å². The third kappa shape index (κ3) is 3.48. The number of rotatable bonds is 3. The predicted molar refractivity (Wildman–Crippen MR) is 78.8 cm³/mol. The van der Waals surface area contributed by atoms with Gasteiger partial charge in [-0.25, -0.2) is 0 Å². The zero-order chi connectivity index (χ0) is 13.1. The van der Waals surface area contributed by atoms with Gasteiger partial charge in [0.1, 0.15) is 0 Å². The molecule has 0 spiro atoms. The van der Waals surface area contributed by atoms with Gasteiger partial charge in [0.2, 0.25) is 0 Å². The van der Waals surface area contributed by atoms with E-state index in [1.54, 1.807) is 0 Å². The van der Waals surface area contributed by atoms with E-state index in [0.29, 0.717) is 6.04 Å². The third-order valence-corrected chi connectivity index (χ3v) is 5.44. The zero-order valence-electron chi connectivity index (χ0n) is 12.8. The average molecular weight is 252 g/mol. The Balaban J connectivity index is 1.84. The maximum absolute atomic E-state index is 3.96. The first-order valence-electron chi connectivity index (χ1n) is 8.04. The molecule has 1 aliphatic carbocycles. The van der Waals surface area contributed by atoms with Crippen molar-refractivity contribution in [1.82, 2.24) is 10.2 Å². The Labute approximate surface area is 114 Å². The summed E-state index contributed by atoms with van der Waals surface area (Å²) in [4.78, 5) is 2.51. The Morgan fingerprint density at radius 1 is 1.11 bits per heavy atom. The average Bonchev–Trinajstić information content (AvgIpc) is 2.37. The highest BCUT2D eigenvalue weighted by atomic mass is 15.2. The standard InChI is InChI=1S/C16H32N2/c1-12-11-18(4)13(2)10-16(12)17-14(3)15-8-6-5-7-9-15/h12-17H,5-11H2,1-4H3/t12?,13?,14-,16?/m1/s1. The van der Waals surface area contributed by atoms with E-state index < -0.39 is 0 Å². The molecular weight excluding hydrogens is 220 g/mol. The first-order valence-corrected chi connectivity index (χ1v) is 8.04. The number of nitrogens with one attached hydrogen (secondary N) is 1. The molecule has 1 N–H and O–H groups in total. The van der Waals surface area contributed by atoms with Gasteiger partial charge in [-0.05, 0) is 52.0 Å². The van der Waals surface area contributed by atoms with Crippen LogP contribution in [0.15, 0.2) is 0 Å². The van der Waals surface area contributed by atoms with Gasteiger partial charge in [0, 0.05) is 24.7 Å². The first kappa shape index (κ1) is 14.3. The number of hydrogen-bond donors (Lipinski definition) is 1. The van der Waals surface area contributed by atoms with Crippen molar-refractivity contribution in [3.63, 3.8) is 0 Å². The van der Waals surface area contributed by atoms with Crippen molar-refractivity contribution in [1.29, 1.82) is 0 Å². The largest absolute Gasteiger partial charge is 0.311 e. The molecule has 1 saturated heterocycles. The first-order chi connectivity index (χ1) is 8.58. The van der Waals surface area contributed by atoms with Crippen molar-refractivity contribution in [2.75, 3.05) is 13.6 Å². The lowest BCUT2D eigenvalue weighted by atomic mass is 9.82. The maximum atomic E-state index is 3.96. The van der Waals surface area contributed by atoms with Crippen molar-refractivity contribution < 1.29 is 0 Å². The van der Waals surface area contributed by atoms with Crippen LogP contribution in [-0.4, -0.2) is 36.6 Å². The molecule has 2 nitrogen and oxygen atoms in total. The van der Waals surface area contributed by atoms with Crippen molar-refractivity contribution in [2.24, 2.45) is 11.8 Å². The fourth-order valence-corrected chi connectivity index (χ4v) is 3.88. The van der Waals surface area contributed by atoms with Gasteiger partial charge in [-0.15, -0.1) is 0 Å². The zero-order valence-corrected chi connectivity index (χ0v) is 12.8. The molecule has 0 aromatic carbocycles. The van der Waals surface area contributed by atoms with Crippen LogP contribution in [0.4, 0.5) is 0 Å². The predicted octanol–water partition coefficient (Wildman–Crippen LogP) is 3.27. The van der Waals surface area contributed by atoms with Crippen LogP contribution in [0.5, 0.6) is 0 Å². The summed E-state index contributed by atoms with van der Waals surface area (Å²) in [5.74, 6) is 1.72. The Kier molecular flexibility index (Phi) is 5.08. The molecule has 0 aromatic rings. The molecule has 1 saturated carbocycles. The van der Waals surface area contributed by atoms with Crippen molar-refractivity contribution in [3.8, 4) is 0 Å². The van der Waals surface area contributed by atoms with Gasteiger partial charge < -0.3 is 10.2 Å². The molecule has 106 valence electrons. The number of nitrogens with zero attached hydrogens (tertiary/aromatic N) is 1. The Morgan fingerprint density at radius 2 is 1.78 bits per heavy atom. The van der Waals surface area contributed by atoms with E-state index in [1.807, 2.05) is 0 Å². The van der Waals surface area contributed by atoms with Crippen LogP contribution in [0.25, 0.3) is 0 Å². The highest BCUT2D eigenvalue weighted by molar-refractivity contribution is 4.89. The number of piperidine rings is 1. The number of likely N-dealkylation sites (tertiary alicyclic amines) is 1. The highest BCUT2D eigenvalue weighted by Gasteiger charge is 2.31. The smallest absolute Gasteiger partial charge is 0.0122 e. The van der Waals surface area contributed by atoms with Crippen LogP contribution in [0.2, 0.25) is 0 Å². The Bertz CT molecular complexity index is 247. The molecule has 2 aliphatic rings. The molecule has 0 radical (unpaired) electrons. The van der Waals surface area contributed by atoms with E-state index in [0.717, 1.165) is 23.9 Å². The van der Waals surface area contributed by atoms with Crippen molar-refractivity contribution in [3.05, 3.63) is 0 Å². The molecule has 2 rings (SSSR count). The second kappa shape index (κ2) is 6.38. The van der Waals surface area contributed by atoms with Gasteiger partial charge in [-0.2, -0.15) is 0 Å². The minimum atomic E-state index is 0.716. The summed E-state index contributed by atoms with van der Waals surface area (Å²) in [6.07, 6.45) is 8.58. The lowest BCUT2D eigenvalue weighted by molar-refractivity contribution is 0.108. The normalized spacial score (nSPS) is 37.7. The van der Waals surface area contributed by atoms with Gasteiger partial charge in [-0.1, -0.05) is 26.2 Å². The van der Waals surface area contributed by atoms with Gasteiger partial charge in [0.15, 0.2) is 0 Å². The Hall–Kier alpha value is -0.0800. The molecule has 18 heavy (non-hydrogen) atoms. The monoisotopic (exact) mass is 252 g/mol. The van der Waals surface area contributed by atoms with Crippen LogP contribution < -0.4 is 5.32 Å². The topological polar surface area (TPSA) is 15.3 Å². The number of hydrogen-bond acceptors (Lipinski definition) is 2. The molecule has 0 bridgehead atoms. The van der Waals surface area contributed by atoms with E-state index in [-0.39, 0.29) is 0 Å². The molecular formula is C16H32N2. The van der Waals surface area contributed by atoms with Crippen LogP contribution in [0, 0.1) is 11.8 Å². The minimum absolute atomic E-state index is 0.716. The molecule has 3 unspecified atom stereocenters. The van der Waals surface area contributed by atoms with Gasteiger partial charge in [0.25, 0.3) is 0 Å². The van der Waals surface area contributed by atoms with E-state index in [1.165, 1.54) is 45.1 Å². The van der Waals surface area contributed by atoms with Gasteiger partial charge in [-0.3, -0.25) is 0 Å². The summed E-state index contributed by atoms with van der Waals surface area (Å²) in [6.45, 7) is 8.45. The SMILES string of the molecule is CC1CN(C)C(C)CC1N[C@H](C)C1CCCCC1. The fraction of sp³-hybridized carbons (Fsp3) is 1.00. The van der Waals surface area contributed by atoms with Gasteiger partial charge in [0.05, 0.1) is 0 Å². The van der Waals surface area contributed by atoms with E-state index in [4.69, 9.17) is 0 Å². The van der Waals surface area contributed by atoms with E-state index >= 15 is 0 Å². The van der Waals surface area contributed by atoms with E-state index in [9.17, 15) is 0 Å². The summed E-state index contributed by atoms with van der Waals surface area (Å²) >= 11 is 0. The van der Waals surface area contributed by atoms with Crippen molar-refractivity contribution in [2.45, 2.75) is 77.4 Å².